The summed E-state index contributed by atoms with van der Waals surface area (Å²) in [6.07, 6.45) is 24.8. The first-order chi connectivity index (χ1) is 8.93. The van der Waals surface area contributed by atoms with E-state index < -0.39 is 0 Å². The predicted molar refractivity (Wildman–Crippen MR) is 78.4 cm³/mol. The second-order valence-corrected chi connectivity index (χ2v) is 6.38. The maximum atomic E-state index is 2.66. The van der Waals surface area contributed by atoms with E-state index in [1.807, 2.05) is 0 Å². The quantitative estimate of drug-likeness (QED) is 0.606. The van der Waals surface area contributed by atoms with Gasteiger partial charge in [-0.25, -0.2) is 0 Å². The van der Waals surface area contributed by atoms with E-state index in [2.05, 4.69) is 30.4 Å². The molecular weight excluding hydrogens is 216 g/mol. The lowest BCUT2D eigenvalue weighted by atomic mass is 9.83. The summed E-state index contributed by atoms with van der Waals surface area (Å²) in [5, 5.41) is 0. The third kappa shape index (κ3) is 2.79. The molecule has 98 valence electrons. The first-order valence-electron chi connectivity index (χ1n) is 7.98. The Morgan fingerprint density at radius 1 is 0.833 bits per heavy atom. The molecule has 2 saturated carbocycles. The minimum atomic E-state index is 0.823. The first-order valence-corrected chi connectivity index (χ1v) is 7.98. The monoisotopic (exact) mass is 242 g/mol. The molecule has 0 aromatic heterocycles. The van der Waals surface area contributed by atoms with Crippen molar-refractivity contribution in [2.24, 2.45) is 17.8 Å². The molecule has 1 atom stereocenters. The van der Waals surface area contributed by atoms with Crippen molar-refractivity contribution >= 4 is 0 Å². The lowest BCUT2D eigenvalue weighted by molar-refractivity contribution is 0.404. The van der Waals surface area contributed by atoms with Crippen LogP contribution in [-0.4, -0.2) is 0 Å². The Kier molecular flexibility index (Phi) is 4.02. The van der Waals surface area contributed by atoms with Crippen molar-refractivity contribution in [1.29, 1.82) is 0 Å². The zero-order valence-corrected chi connectivity index (χ0v) is 11.5. The van der Waals surface area contributed by atoms with Crippen LogP contribution in [0.25, 0.3) is 0 Å². The minimum Gasteiger partial charge on any atom is -0.0839 e. The lowest BCUT2D eigenvalue weighted by Crippen LogP contribution is -2.11. The molecule has 0 spiro atoms. The van der Waals surface area contributed by atoms with Crippen molar-refractivity contribution in [3.05, 3.63) is 36.0 Å². The van der Waals surface area contributed by atoms with Crippen molar-refractivity contribution in [2.75, 3.05) is 0 Å². The van der Waals surface area contributed by atoms with Gasteiger partial charge in [0.25, 0.3) is 0 Å². The van der Waals surface area contributed by atoms with Crippen LogP contribution in [0.1, 0.15) is 57.8 Å². The van der Waals surface area contributed by atoms with Crippen LogP contribution in [0.5, 0.6) is 0 Å². The maximum Gasteiger partial charge on any atom is -0.0165 e. The van der Waals surface area contributed by atoms with Gasteiger partial charge in [0, 0.05) is 0 Å². The van der Waals surface area contributed by atoms with Gasteiger partial charge >= 0.3 is 0 Å². The van der Waals surface area contributed by atoms with Crippen molar-refractivity contribution in [2.45, 2.75) is 57.8 Å². The van der Waals surface area contributed by atoms with Crippen LogP contribution in [0.3, 0.4) is 0 Å². The van der Waals surface area contributed by atoms with E-state index >= 15 is 0 Å². The highest BCUT2D eigenvalue weighted by Crippen LogP contribution is 2.38. The Bertz CT molecular complexity index is 346. The summed E-state index contributed by atoms with van der Waals surface area (Å²) >= 11 is 0. The van der Waals surface area contributed by atoms with Crippen LogP contribution >= 0.6 is 0 Å². The molecule has 0 amide bonds. The smallest absolute Gasteiger partial charge is 0.0165 e. The third-order valence-corrected chi connectivity index (χ3v) is 5.18. The molecule has 0 aromatic carbocycles. The van der Waals surface area contributed by atoms with E-state index in [9.17, 15) is 0 Å². The highest BCUT2D eigenvalue weighted by atomic mass is 14.3. The highest BCUT2D eigenvalue weighted by Gasteiger charge is 2.25. The second-order valence-electron chi connectivity index (χ2n) is 6.38. The van der Waals surface area contributed by atoms with Crippen molar-refractivity contribution < 1.29 is 0 Å². The van der Waals surface area contributed by atoms with Gasteiger partial charge in [-0.1, -0.05) is 56.1 Å². The van der Waals surface area contributed by atoms with E-state index in [4.69, 9.17) is 0 Å². The van der Waals surface area contributed by atoms with Crippen LogP contribution in [0, 0.1) is 17.8 Å². The van der Waals surface area contributed by atoms with Gasteiger partial charge in [0.15, 0.2) is 0 Å². The summed E-state index contributed by atoms with van der Waals surface area (Å²) in [6.45, 7) is 0. The van der Waals surface area contributed by atoms with Crippen LogP contribution in [0.15, 0.2) is 36.0 Å². The fourth-order valence-corrected chi connectivity index (χ4v) is 4.10. The fourth-order valence-electron chi connectivity index (χ4n) is 4.10. The Labute approximate surface area is 112 Å². The summed E-state index contributed by atoms with van der Waals surface area (Å²) in [7, 11) is 0. The molecular formula is C18H26. The van der Waals surface area contributed by atoms with Gasteiger partial charge in [-0.3, -0.25) is 0 Å². The Morgan fingerprint density at radius 3 is 2.33 bits per heavy atom. The topological polar surface area (TPSA) is 0 Å². The predicted octanol–water partition coefficient (Wildman–Crippen LogP) is 5.43. The molecule has 2 fully saturated rings. The van der Waals surface area contributed by atoms with Gasteiger partial charge in [-0.05, 0) is 55.4 Å². The summed E-state index contributed by atoms with van der Waals surface area (Å²) in [5.74, 6) is 2.67. The van der Waals surface area contributed by atoms with Crippen LogP contribution in [0.2, 0.25) is 0 Å². The van der Waals surface area contributed by atoms with Crippen LogP contribution in [0.4, 0.5) is 0 Å². The minimum absolute atomic E-state index is 0.823. The summed E-state index contributed by atoms with van der Waals surface area (Å²) < 4.78 is 0. The fraction of sp³-hybridized carbons (Fsp3) is 0.667. The summed E-state index contributed by atoms with van der Waals surface area (Å²) in [6, 6.07) is 0. The molecule has 0 N–H and O–H groups in total. The molecule has 0 heterocycles. The third-order valence-electron chi connectivity index (χ3n) is 5.18. The number of allylic oxidation sites excluding steroid dienone is 6. The van der Waals surface area contributed by atoms with E-state index in [0.717, 1.165) is 17.8 Å². The number of hydrogen-bond acceptors (Lipinski definition) is 0. The average molecular weight is 242 g/mol. The van der Waals surface area contributed by atoms with Crippen LogP contribution in [-0.2, 0) is 0 Å². The Morgan fingerprint density at radius 2 is 1.56 bits per heavy atom. The van der Waals surface area contributed by atoms with Crippen LogP contribution < -0.4 is 0 Å². The molecule has 0 heteroatoms. The number of rotatable bonds is 2. The molecule has 0 bridgehead atoms. The standard InChI is InChI=1S/C18H26/c1-2-12-17(15-8-4-5-9-15)14-18(13-3-1)16-10-6-7-11-16/h1-3,12,14-16,18H,4-11,13H2. The summed E-state index contributed by atoms with van der Waals surface area (Å²) in [5.41, 5.74) is 1.66. The van der Waals surface area contributed by atoms with Gasteiger partial charge in [-0.2, -0.15) is 0 Å². The highest BCUT2D eigenvalue weighted by molar-refractivity contribution is 5.28. The van der Waals surface area contributed by atoms with Crippen molar-refractivity contribution in [3.8, 4) is 0 Å². The Balaban J connectivity index is 1.79. The largest absolute Gasteiger partial charge is 0.0839 e. The lowest BCUT2D eigenvalue weighted by Gasteiger charge is -2.22. The average Bonchev–Trinajstić information content (AvgIpc) is 3.01. The van der Waals surface area contributed by atoms with E-state index in [-0.39, 0.29) is 0 Å². The SMILES string of the molecule is C1=CCC(C2CCCC2)C=C(C2CCCC2)C=C1. The molecule has 3 aliphatic carbocycles. The first kappa shape index (κ1) is 12.3. The van der Waals surface area contributed by atoms with E-state index in [1.165, 1.54) is 57.8 Å². The molecule has 1 unspecified atom stereocenters. The van der Waals surface area contributed by atoms with E-state index in [0.29, 0.717) is 0 Å². The van der Waals surface area contributed by atoms with E-state index in [1.54, 1.807) is 5.57 Å². The molecule has 3 aliphatic rings. The van der Waals surface area contributed by atoms with Gasteiger partial charge in [0.05, 0.1) is 0 Å². The zero-order chi connectivity index (χ0) is 12.2. The molecule has 0 aromatic rings. The van der Waals surface area contributed by atoms with Gasteiger partial charge in [-0.15, -0.1) is 0 Å². The number of hydrogen-bond donors (Lipinski definition) is 0. The van der Waals surface area contributed by atoms with Gasteiger partial charge in [0.2, 0.25) is 0 Å². The molecule has 0 radical (unpaired) electrons. The zero-order valence-electron chi connectivity index (χ0n) is 11.5. The second kappa shape index (κ2) is 5.91. The molecule has 3 rings (SSSR count). The normalized spacial score (nSPS) is 30.4. The molecule has 18 heavy (non-hydrogen) atoms. The molecule has 0 aliphatic heterocycles. The van der Waals surface area contributed by atoms with Gasteiger partial charge < -0.3 is 0 Å². The summed E-state index contributed by atoms with van der Waals surface area (Å²) in [4.78, 5) is 0. The molecule has 0 saturated heterocycles. The Hall–Kier alpha value is -0.780. The van der Waals surface area contributed by atoms with Crippen molar-refractivity contribution in [3.63, 3.8) is 0 Å². The van der Waals surface area contributed by atoms with Gasteiger partial charge in [0.1, 0.15) is 0 Å². The molecule has 0 nitrogen and oxygen atoms in total. The van der Waals surface area contributed by atoms with Crippen molar-refractivity contribution in [1.82, 2.24) is 0 Å². The maximum absolute atomic E-state index is 2.66.